The standard InChI is InChI=1S/C12H21N3O/c1-8(2)11(7-16)15-12-5-10(6-13)4-9(3)14-12/h4-5,8,11,16H,6-7,13H2,1-3H3,(H,14,15)/t11-/m1/s1. The van der Waals surface area contributed by atoms with Gasteiger partial charge in [0.15, 0.2) is 0 Å². The molecule has 0 fully saturated rings. The van der Waals surface area contributed by atoms with Gasteiger partial charge < -0.3 is 16.2 Å². The van der Waals surface area contributed by atoms with Crippen LogP contribution in [-0.2, 0) is 6.54 Å². The van der Waals surface area contributed by atoms with Gasteiger partial charge in [-0.3, -0.25) is 0 Å². The molecule has 1 aromatic rings. The second kappa shape index (κ2) is 5.82. The minimum atomic E-state index is 0.0277. The minimum Gasteiger partial charge on any atom is -0.394 e. The molecular weight excluding hydrogens is 202 g/mol. The largest absolute Gasteiger partial charge is 0.394 e. The predicted molar refractivity (Wildman–Crippen MR) is 66.2 cm³/mol. The van der Waals surface area contributed by atoms with Gasteiger partial charge in [0.05, 0.1) is 12.6 Å². The van der Waals surface area contributed by atoms with Crippen molar-refractivity contribution in [1.29, 1.82) is 0 Å². The Morgan fingerprint density at radius 2 is 2.12 bits per heavy atom. The van der Waals surface area contributed by atoms with E-state index in [1.165, 1.54) is 0 Å². The smallest absolute Gasteiger partial charge is 0.126 e. The SMILES string of the molecule is Cc1cc(CN)cc(N[C@H](CO)C(C)C)n1. The molecule has 1 aromatic heterocycles. The van der Waals surface area contributed by atoms with E-state index in [0.717, 1.165) is 17.1 Å². The fourth-order valence-electron chi connectivity index (χ4n) is 1.54. The number of aliphatic hydroxyl groups is 1. The highest BCUT2D eigenvalue weighted by Gasteiger charge is 2.12. The first-order valence-corrected chi connectivity index (χ1v) is 5.61. The van der Waals surface area contributed by atoms with Crippen LogP contribution >= 0.6 is 0 Å². The molecular formula is C12H21N3O. The third-order valence-electron chi connectivity index (χ3n) is 2.58. The zero-order valence-corrected chi connectivity index (χ0v) is 10.2. The number of aryl methyl sites for hydroxylation is 1. The first kappa shape index (κ1) is 12.9. The monoisotopic (exact) mass is 223 g/mol. The van der Waals surface area contributed by atoms with Crippen LogP contribution in [0.5, 0.6) is 0 Å². The van der Waals surface area contributed by atoms with Crippen LogP contribution in [0.15, 0.2) is 12.1 Å². The topological polar surface area (TPSA) is 71.2 Å². The van der Waals surface area contributed by atoms with Crippen LogP contribution in [0.25, 0.3) is 0 Å². The lowest BCUT2D eigenvalue weighted by molar-refractivity contribution is 0.249. The molecule has 0 saturated heterocycles. The van der Waals surface area contributed by atoms with Crippen molar-refractivity contribution >= 4 is 5.82 Å². The Morgan fingerprint density at radius 1 is 1.44 bits per heavy atom. The van der Waals surface area contributed by atoms with E-state index in [1.54, 1.807) is 0 Å². The fourth-order valence-corrected chi connectivity index (χ4v) is 1.54. The number of rotatable bonds is 5. The maximum Gasteiger partial charge on any atom is 0.126 e. The van der Waals surface area contributed by atoms with Crippen LogP contribution in [0.3, 0.4) is 0 Å². The molecule has 0 aliphatic heterocycles. The highest BCUT2D eigenvalue weighted by molar-refractivity contribution is 5.40. The summed E-state index contributed by atoms with van der Waals surface area (Å²) in [5.41, 5.74) is 7.59. The molecule has 0 aliphatic rings. The van der Waals surface area contributed by atoms with Crippen molar-refractivity contribution in [2.45, 2.75) is 33.4 Å². The van der Waals surface area contributed by atoms with Crippen LogP contribution in [0.1, 0.15) is 25.1 Å². The Hall–Kier alpha value is -1.13. The van der Waals surface area contributed by atoms with Crippen molar-refractivity contribution in [2.75, 3.05) is 11.9 Å². The van der Waals surface area contributed by atoms with Gasteiger partial charge in [-0.2, -0.15) is 0 Å². The molecule has 4 heteroatoms. The molecule has 1 rings (SSSR count). The van der Waals surface area contributed by atoms with E-state index >= 15 is 0 Å². The number of aliphatic hydroxyl groups excluding tert-OH is 1. The van der Waals surface area contributed by atoms with Crippen molar-refractivity contribution in [3.05, 3.63) is 23.4 Å². The predicted octanol–water partition coefficient (Wildman–Crippen LogP) is 1.28. The summed E-state index contributed by atoms with van der Waals surface area (Å²) in [4.78, 5) is 4.37. The lowest BCUT2D eigenvalue weighted by Crippen LogP contribution is -2.30. The number of aromatic nitrogens is 1. The van der Waals surface area contributed by atoms with Crippen molar-refractivity contribution < 1.29 is 5.11 Å². The van der Waals surface area contributed by atoms with E-state index in [-0.39, 0.29) is 12.6 Å². The molecule has 0 spiro atoms. The molecule has 90 valence electrons. The molecule has 0 bridgehead atoms. The molecule has 0 aromatic carbocycles. The normalized spacial score (nSPS) is 12.9. The van der Waals surface area contributed by atoms with Crippen LogP contribution < -0.4 is 11.1 Å². The third kappa shape index (κ3) is 3.47. The summed E-state index contributed by atoms with van der Waals surface area (Å²) in [6.07, 6.45) is 0. The van der Waals surface area contributed by atoms with Crippen LogP contribution in [0, 0.1) is 12.8 Å². The maximum atomic E-state index is 9.24. The van der Waals surface area contributed by atoms with E-state index < -0.39 is 0 Å². The van der Waals surface area contributed by atoms with Gasteiger partial charge in [-0.1, -0.05) is 13.8 Å². The first-order chi connectivity index (χ1) is 7.56. The third-order valence-corrected chi connectivity index (χ3v) is 2.58. The Morgan fingerprint density at radius 3 is 2.62 bits per heavy atom. The molecule has 0 radical (unpaired) electrons. The van der Waals surface area contributed by atoms with Crippen molar-refractivity contribution in [3.8, 4) is 0 Å². The number of pyridine rings is 1. The second-order valence-corrected chi connectivity index (χ2v) is 4.38. The van der Waals surface area contributed by atoms with E-state index in [4.69, 9.17) is 5.73 Å². The van der Waals surface area contributed by atoms with E-state index in [1.807, 2.05) is 19.1 Å². The zero-order valence-electron chi connectivity index (χ0n) is 10.2. The summed E-state index contributed by atoms with van der Waals surface area (Å²) in [5.74, 6) is 1.14. The number of nitrogens with two attached hydrogens (primary N) is 1. The molecule has 1 heterocycles. The number of hydrogen-bond acceptors (Lipinski definition) is 4. The molecule has 1 atom stereocenters. The number of nitrogens with zero attached hydrogens (tertiary/aromatic N) is 1. The molecule has 0 saturated carbocycles. The summed E-state index contributed by atoms with van der Waals surface area (Å²) < 4.78 is 0. The van der Waals surface area contributed by atoms with Gasteiger partial charge in [-0.15, -0.1) is 0 Å². The van der Waals surface area contributed by atoms with Crippen LogP contribution in [-0.4, -0.2) is 22.7 Å². The summed E-state index contributed by atoms with van der Waals surface area (Å²) in [7, 11) is 0. The number of anilines is 1. The fraction of sp³-hybridized carbons (Fsp3) is 0.583. The average Bonchev–Trinajstić information content (AvgIpc) is 2.24. The van der Waals surface area contributed by atoms with Gasteiger partial charge in [-0.05, 0) is 30.5 Å². The Kier molecular flexibility index (Phi) is 4.71. The zero-order chi connectivity index (χ0) is 12.1. The lowest BCUT2D eigenvalue weighted by Gasteiger charge is -2.21. The molecule has 0 aliphatic carbocycles. The van der Waals surface area contributed by atoms with Crippen LogP contribution in [0.4, 0.5) is 5.82 Å². The highest BCUT2D eigenvalue weighted by Crippen LogP contribution is 2.13. The number of hydrogen-bond donors (Lipinski definition) is 3. The number of nitrogens with one attached hydrogen (secondary N) is 1. The van der Waals surface area contributed by atoms with E-state index in [0.29, 0.717) is 12.5 Å². The molecule has 0 amide bonds. The summed E-state index contributed by atoms with van der Waals surface area (Å²) in [6, 6.07) is 3.92. The molecule has 0 unspecified atom stereocenters. The summed E-state index contributed by atoms with van der Waals surface area (Å²) in [5, 5.41) is 12.5. The summed E-state index contributed by atoms with van der Waals surface area (Å²) in [6.45, 7) is 6.67. The Balaban J connectivity index is 2.83. The van der Waals surface area contributed by atoms with Crippen molar-refractivity contribution in [1.82, 2.24) is 4.98 Å². The molecule has 16 heavy (non-hydrogen) atoms. The molecule has 4 N–H and O–H groups in total. The first-order valence-electron chi connectivity index (χ1n) is 5.61. The average molecular weight is 223 g/mol. The minimum absolute atomic E-state index is 0.0277. The van der Waals surface area contributed by atoms with Crippen molar-refractivity contribution in [2.24, 2.45) is 11.7 Å². The van der Waals surface area contributed by atoms with Gasteiger partial charge in [0, 0.05) is 12.2 Å². The Labute approximate surface area is 96.9 Å². The van der Waals surface area contributed by atoms with Crippen molar-refractivity contribution in [3.63, 3.8) is 0 Å². The van der Waals surface area contributed by atoms with E-state index in [9.17, 15) is 5.11 Å². The quantitative estimate of drug-likeness (QED) is 0.703. The Bertz CT molecular complexity index is 339. The van der Waals surface area contributed by atoms with Gasteiger partial charge in [0.2, 0.25) is 0 Å². The molecule has 4 nitrogen and oxygen atoms in total. The highest BCUT2D eigenvalue weighted by atomic mass is 16.3. The van der Waals surface area contributed by atoms with Gasteiger partial charge in [0.1, 0.15) is 5.82 Å². The second-order valence-electron chi connectivity index (χ2n) is 4.38. The van der Waals surface area contributed by atoms with Gasteiger partial charge >= 0.3 is 0 Å². The van der Waals surface area contributed by atoms with E-state index in [2.05, 4.69) is 24.1 Å². The van der Waals surface area contributed by atoms with Crippen LogP contribution in [0.2, 0.25) is 0 Å². The van der Waals surface area contributed by atoms with Gasteiger partial charge in [0.25, 0.3) is 0 Å². The lowest BCUT2D eigenvalue weighted by atomic mass is 10.1. The van der Waals surface area contributed by atoms with Gasteiger partial charge in [-0.25, -0.2) is 4.98 Å². The maximum absolute atomic E-state index is 9.24. The summed E-state index contributed by atoms with van der Waals surface area (Å²) >= 11 is 0.